The summed E-state index contributed by atoms with van der Waals surface area (Å²) in [7, 11) is 0. The van der Waals surface area contributed by atoms with Crippen LogP contribution in [-0.4, -0.2) is 38.2 Å². The molecule has 7 heteroatoms. The second-order valence-electron chi connectivity index (χ2n) is 6.90. The Morgan fingerprint density at radius 3 is 3.00 bits per heavy atom. The van der Waals surface area contributed by atoms with Gasteiger partial charge in [0.25, 0.3) is 0 Å². The van der Waals surface area contributed by atoms with E-state index in [-0.39, 0.29) is 0 Å². The van der Waals surface area contributed by atoms with E-state index in [0.717, 1.165) is 31.2 Å². The summed E-state index contributed by atoms with van der Waals surface area (Å²) in [5, 5.41) is 14.2. The van der Waals surface area contributed by atoms with Gasteiger partial charge in [0.05, 0.1) is 6.54 Å². The number of fused-ring (bicyclic) bond motifs is 1. The molecule has 132 valence electrons. The maximum atomic E-state index is 11.7. The molecule has 1 aromatic heterocycles. The van der Waals surface area contributed by atoms with Crippen molar-refractivity contribution in [2.75, 3.05) is 0 Å². The first kappa shape index (κ1) is 16.5. The van der Waals surface area contributed by atoms with Crippen molar-refractivity contribution >= 4 is 17.6 Å². The lowest BCUT2D eigenvalue weighted by molar-refractivity contribution is -0.143. The minimum absolute atomic E-state index is 0.302. The third-order valence-electron chi connectivity index (χ3n) is 5.38. The standard InChI is InChI=1S/C18H20ClN3O3/c19-13-6-3-5-12(8-13)17-20-16(25-21-17)10-22-14-7-2-1-4-11(14)9-15(22)18(23)24/h3,5-6,8,11,14-15H,1-2,4,7,9-10H2,(H,23,24)/t11-,14-,15-/m0/s1. The number of likely N-dealkylation sites (tertiary alicyclic amines) is 1. The van der Waals surface area contributed by atoms with Crippen LogP contribution in [0.4, 0.5) is 0 Å². The molecule has 0 spiro atoms. The van der Waals surface area contributed by atoms with Gasteiger partial charge in [-0.25, -0.2) is 0 Å². The Morgan fingerprint density at radius 1 is 1.36 bits per heavy atom. The topological polar surface area (TPSA) is 79.5 Å². The zero-order chi connectivity index (χ0) is 17.4. The number of nitrogens with zero attached hydrogens (tertiary/aromatic N) is 3. The fourth-order valence-electron chi connectivity index (χ4n) is 4.24. The Kier molecular flexibility index (Phi) is 4.48. The number of aromatic nitrogens is 2. The minimum atomic E-state index is -0.760. The highest BCUT2D eigenvalue weighted by Gasteiger charge is 2.45. The molecule has 0 bridgehead atoms. The number of hydrogen-bond donors (Lipinski definition) is 1. The third-order valence-corrected chi connectivity index (χ3v) is 5.61. The summed E-state index contributed by atoms with van der Waals surface area (Å²) < 4.78 is 5.39. The van der Waals surface area contributed by atoms with Crippen LogP contribution in [0.3, 0.4) is 0 Å². The van der Waals surface area contributed by atoms with Crippen molar-refractivity contribution in [3.05, 3.63) is 35.2 Å². The molecule has 4 rings (SSSR count). The molecule has 1 aromatic carbocycles. The van der Waals surface area contributed by atoms with Crippen molar-refractivity contribution in [3.8, 4) is 11.4 Å². The van der Waals surface area contributed by atoms with Gasteiger partial charge >= 0.3 is 5.97 Å². The predicted octanol–water partition coefficient (Wildman–Crippen LogP) is 3.61. The smallest absolute Gasteiger partial charge is 0.320 e. The van der Waals surface area contributed by atoms with E-state index >= 15 is 0 Å². The van der Waals surface area contributed by atoms with Crippen LogP contribution in [0.25, 0.3) is 11.4 Å². The number of hydrogen-bond acceptors (Lipinski definition) is 5. The van der Waals surface area contributed by atoms with Gasteiger partial charge in [-0.15, -0.1) is 0 Å². The van der Waals surface area contributed by atoms with Crippen LogP contribution in [0.2, 0.25) is 5.02 Å². The predicted molar refractivity (Wildman–Crippen MR) is 92.1 cm³/mol. The molecule has 1 saturated heterocycles. The van der Waals surface area contributed by atoms with Gasteiger partial charge < -0.3 is 9.63 Å². The minimum Gasteiger partial charge on any atom is -0.480 e. The molecule has 2 aromatic rings. The molecule has 0 unspecified atom stereocenters. The largest absolute Gasteiger partial charge is 0.480 e. The van der Waals surface area contributed by atoms with E-state index in [0.29, 0.717) is 35.2 Å². The van der Waals surface area contributed by atoms with E-state index in [4.69, 9.17) is 16.1 Å². The van der Waals surface area contributed by atoms with E-state index in [1.54, 1.807) is 12.1 Å². The second kappa shape index (κ2) is 6.77. The molecule has 2 heterocycles. The van der Waals surface area contributed by atoms with Crippen LogP contribution in [0.1, 0.15) is 38.0 Å². The number of benzene rings is 1. The summed E-state index contributed by atoms with van der Waals surface area (Å²) in [4.78, 5) is 18.2. The summed E-state index contributed by atoms with van der Waals surface area (Å²) in [6.45, 7) is 0.381. The lowest BCUT2D eigenvalue weighted by atomic mass is 9.85. The third kappa shape index (κ3) is 3.28. The zero-order valence-electron chi connectivity index (χ0n) is 13.8. The quantitative estimate of drug-likeness (QED) is 0.896. The molecule has 2 fully saturated rings. The molecule has 0 amide bonds. The zero-order valence-corrected chi connectivity index (χ0v) is 14.5. The van der Waals surface area contributed by atoms with Crippen molar-refractivity contribution in [3.63, 3.8) is 0 Å². The van der Waals surface area contributed by atoms with Crippen LogP contribution < -0.4 is 0 Å². The first-order valence-electron chi connectivity index (χ1n) is 8.69. The Bertz CT molecular complexity index is 778. The SMILES string of the molecule is O=C(O)[C@@H]1C[C@@H]2CCCC[C@@H]2N1Cc1nc(-c2cccc(Cl)c2)no1. The first-order chi connectivity index (χ1) is 12.1. The molecular weight excluding hydrogens is 342 g/mol. The van der Waals surface area contributed by atoms with E-state index in [1.165, 1.54) is 6.42 Å². The highest BCUT2D eigenvalue weighted by Crippen LogP contribution is 2.40. The van der Waals surface area contributed by atoms with Crippen molar-refractivity contribution in [2.24, 2.45) is 5.92 Å². The van der Waals surface area contributed by atoms with Gasteiger partial charge in [-0.1, -0.05) is 41.7 Å². The van der Waals surface area contributed by atoms with Gasteiger partial charge in [-0.2, -0.15) is 4.98 Å². The average Bonchev–Trinajstić information content (AvgIpc) is 3.21. The summed E-state index contributed by atoms with van der Waals surface area (Å²) >= 11 is 6.01. The average molecular weight is 362 g/mol. The fourth-order valence-corrected chi connectivity index (χ4v) is 4.43. The molecule has 2 aliphatic rings. The number of aliphatic carboxylic acids is 1. The fraction of sp³-hybridized carbons (Fsp3) is 0.500. The summed E-state index contributed by atoms with van der Waals surface area (Å²) in [6, 6.07) is 7.11. The molecular formula is C18H20ClN3O3. The van der Waals surface area contributed by atoms with Crippen LogP contribution in [0, 0.1) is 5.92 Å². The van der Waals surface area contributed by atoms with Gasteiger partial charge in [-0.3, -0.25) is 9.69 Å². The Balaban J connectivity index is 1.55. The molecule has 0 radical (unpaired) electrons. The van der Waals surface area contributed by atoms with Gasteiger partial charge in [0, 0.05) is 16.6 Å². The van der Waals surface area contributed by atoms with Crippen molar-refractivity contribution in [1.82, 2.24) is 15.0 Å². The lowest BCUT2D eigenvalue weighted by Crippen LogP contribution is -2.41. The van der Waals surface area contributed by atoms with Crippen LogP contribution in [-0.2, 0) is 11.3 Å². The highest BCUT2D eigenvalue weighted by molar-refractivity contribution is 6.30. The van der Waals surface area contributed by atoms with Gasteiger partial charge in [0.1, 0.15) is 6.04 Å². The van der Waals surface area contributed by atoms with E-state index in [9.17, 15) is 9.90 Å². The first-order valence-corrected chi connectivity index (χ1v) is 9.06. The molecule has 3 atom stereocenters. The molecule has 1 aliphatic heterocycles. The van der Waals surface area contributed by atoms with Crippen LogP contribution in [0.15, 0.2) is 28.8 Å². The van der Waals surface area contributed by atoms with E-state index in [1.807, 2.05) is 17.0 Å². The highest BCUT2D eigenvalue weighted by atomic mass is 35.5. The number of carboxylic acid groups (broad SMARTS) is 1. The summed E-state index contributed by atoms with van der Waals surface area (Å²) in [6.07, 6.45) is 5.23. The van der Waals surface area contributed by atoms with Crippen LogP contribution >= 0.6 is 11.6 Å². The second-order valence-corrected chi connectivity index (χ2v) is 7.33. The van der Waals surface area contributed by atoms with Gasteiger partial charge in [0.2, 0.25) is 11.7 Å². The summed E-state index contributed by atoms with van der Waals surface area (Å²) in [5.74, 6) is 0.630. The number of halogens is 1. The monoisotopic (exact) mass is 361 g/mol. The maximum Gasteiger partial charge on any atom is 0.320 e. The van der Waals surface area contributed by atoms with Crippen LogP contribution in [0.5, 0.6) is 0 Å². The lowest BCUT2D eigenvalue weighted by Gasteiger charge is -2.31. The molecule has 25 heavy (non-hydrogen) atoms. The van der Waals surface area contributed by atoms with E-state index < -0.39 is 12.0 Å². The normalized spacial score (nSPS) is 26.5. The van der Waals surface area contributed by atoms with E-state index in [2.05, 4.69) is 10.1 Å². The Labute approximate surface area is 150 Å². The Hall–Kier alpha value is -1.92. The van der Waals surface area contributed by atoms with Crippen molar-refractivity contribution < 1.29 is 14.4 Å². The van der Waals surface area contributed by atoms with Gasteiger partial charge in [0.15, 0.2) is 0 Å². The van der Waals surface area contributed by atoms with Crippen molar-refractivity contribution in [1.29, 1.82) is 0 Å². The molecule has 6 nitrogen and oxygen atoms in total. The molecule has 1 aliphatic carbocycles. The maximum absolute atomic E-state index is 11.7. The number of rotatable bonds is 4. The molecule has 1 N–H and O–H groups in total. The number of carboxylic acids is 1. The van der Waals surface area contributed by atoms with Crippen molar-refractivity contribution in [2.45, 2.75) is 50.7 Å². The Morgan fingerprint density at radius 2 is 2.20 bits per heavy atom. The summed E-state index contributed by atoms with van der Waals surface area (Å²) in [5.41, 5.74) is 0.786. The van der Waals surface area contributed by atoms with Gasteiger partial charge in [-0.05, 0) is 37.3 Å². The number of carbonyl (C=O) groups is 1. The molecule has 1 saturated carbocycles.